The molecule has 1 atom stereocenters. The van der Waals surface area contributed by atoms with E-state index in [1.807, 2.05) is 30.3 Å². The zero-order valence-electron chi connectivity index (χ0n) is 15.1. The molecule has 144 valence electrons. The number of rotatable bonds is 6. The topological polar surface area (TPSA) is 123 Å². The Morgan fingerprint density at radius 3 is 2.52 bits per heavy atom. The molecule has 0 spiro atoms. The first kappa shape index (κ1) is 20.3. The molecular formula is C17H20N4O5S. The van der Waals surface area contributed by atoms with Gasteiger partial charge in [-0.1, -0.05) is 30.3 Å². The minimum atomic E-state index is -0.940. The van der Waals surface area contributed by atoms with Crippen LogP contribution in [0, 0.1) is 10.1 Å². The molecule has 0 fully saturated rings. The average Bonchev–Trinajstić information content (AvgIpc) is 3.02. The molecule has 2 amide bonds. The minimum absolute atomic E-state index is 0.0794. The Kier molecular flexibility index (Phi) is 6.45. The highest BCUT2D eigenvalue weighted by molar-refractivity contribution is 7.18. The second-order valence-corrected chi connectivity index (χ2v) is 7.65. The second-order valence-electron chi connectivity index (χ2n) is 6.64. The fraction of sp³-hybridized carbons (Fsp3) is 0.353. The Balaban J connectivity index is 2.12. The molecule has 1 aromatic carbocycles. The highest BCUT2D eigenvalue weighted by Crippen LogP contribution is 2.25. The van der Waals surface area contributed by atoms with Crippen molar-refractivity contribution in [3.8, 4) is 0 Å². The standard InChI is InChI=1S/C17H20N4O5S/c1-17(2,3)26-16(23)19-12(9-11-7-5-4-6-8-11)14(22)20-15-18-10-13(27-15)21(24)25/h4-8,10,12H,9H2,1-3H3,(H,19,23)(H,18,20,22)/t12-/m0/s1. The van der Waals surface area contributed by atoms with E-state index in [4.69, 9.17) is 4.74 Å². The predicted molar refractivity (Wildman–Crippen MR) is 101 cm³/mol. The average molecular weight is 392 g/mol. The van der Waals surface area contributed by atoms with Crippen LogP contribution in [0.3, 0.4) is 0 Å². The maximum atomic E-state index is 12.6. The molecule has 27 heavy (non-hydrogen) atoms. The summed E-state index contributed by atoms with van der Waals surface area (Å²) >= 11 is 0.736. The van der Waals surface area contributed by atoms with Crippen LogP contribution < -0.4 is 10.6 Å². The smallest absolute Gasteiger partial charge is 0.408 e. The first-order valence-electron chi connectivity index (χ1n) is 8.08. The van der Waals surface area contributed by atoms with Crippen molar-refractivity contribution in [1.29, 1.82) is 0 Å². The van der Waals surface area contributed by atoms with Crippen LogP contribution in [0.5, 0.6) is 0 Å². The van der Waals surface area contributed by atoms with E-state index in [-0.39, 0.29) is 16.6 Å². The monoisotopic (exact) mass is 392 g/mol. The number of carbonyl (C=O) groups is 2. The largest absolute Gasteiger partial charge is 0.444 e. The van der Waals surface area contributed by atoms with E-state index in [9.17, 15) is 19.7 Å². The van der Waals surface area contributed by atoms with Crippen LogP contribution in [0.1, 0.15) is 26.3 Å². The van der Waals surface area contributed by atoms with E-state index in [2.05, 4.69) is 15.6 Å². The van der Waals surface area contributed by atoms with Crippen LogP contribution in [-0.4, -0.2) is 33.6 Å². The Bertz CT molecular complexity index is 816. The highest BCUT2D eigenvalue weighted by atomic mass is 32.1. The molecule has 0 unspecified atom stereocenters. The maximum Gasteiger partial charge on any atom is 0.408 e. The number of ether oxygens (including phenoxy) is 1. The number of nitrogens with one attached hydrogen (secondary N) is 2. The lowest BCUT2D eigenvalue weighted by Gasteiger charge is -2.23. The molecule has 0 saturated heterocycles. The van der Waals surface area contributed by atoms with Gasteiger partial charge in [0.05, 0.1) is 4.92 Å². The van der Waals surface area contributed by atoms with Gasteiger partial charge in [-0.2, -0.15) is 0 Å². The molecule has 0 aliphatic carbocycles. The first-order valence-corrected chi connectivity index (χ1v) is 8.90. The SMILES string of the molecule is CC(C)(C)OC(=O)N[C@@H](Cc1ccccc1)C(=O)Nc1ncc([N+](=O)[O-])s1. The fourth-order valence-corrected chi connectivity index (χ4v) is 2.74. The van der Waals surface area contributed by atoms with E-state index in [0.717, 1.165) is 23.1 Å². The van der Waals surface area contributed by atoms with Gasteiger partial charge in [-0.15, -0.1) is 0 Å². The highest BCUT2D eigenvalue weighted by Gasteiger charge is 2.26. The molecule has 0 bridgehead atoms. The quantitative estimate of drug-likeness (QED) is 0.575. The van der Waals surface area contributed by atoms with Crippen molar-refractivity contribution in [2.24, 2.45) is 0 Å². The van der Waals surface area contributed by atoms with Gasteiger partial charge in [0.25, 0.3) is 0 Å². The number of nitrogens with zero attached hydrogens (tertiary/aromatic N) is 2. The number of thiazole rings is 1. The second kappa shape index (κ2) is 8.58. The van der Waals surface area contributed by atoms with Gasteiger partial charge in [0.15, 0.2) is 5.13 Å². The van der Waals surface area contributed by atoms with Crippen LogP contribution in [-0.2, 0) is 16.0 Å². The molecule has 0 aliphatic rings. The number of anilines is 1. The summed E-state index contributed by atoms with van der Waals surface area (Å²) in [6, 6.07) is 8.19. The van der Waals surface area contributed by atoms with Gasteiger partial charge in [-0.05, 0) is 37.7 Å². The van der Waals surface area contributed by atoms with Crippen molar-refractivity contribution in [3.63, 3.8) is 0 Å². The van der Waals surface area contributed by atoms with Crippen molar-refractivity contribution in [2.45, 2.75) is 38.8 Å². The number of hydrogen-bond donors (Lipinski definition) is 2. The molecule has 1 heterocycles. The van der Waals surface area contributed by atoms with Crippen LogP contribution in [0.15, 0.2) is 36.5 Å². The molecule has 10 heteroatoms. The number of aromatic nitrogens is 1. The van der Waals surface area contributed by atoms with Crippen molar-refractivity contribution < 1.29 is 19.2 Å². The summed E-state index contributed by atoms with van der Waals surface area (Å²) in [7, 11) is 0. The van der Waals surface area contributed by atoms with Crippen molar-refractivity contribution in [2.75, 3.05) is 5.32 Å². The van der Waals surface area contributed by atoms with Crippen molar-refractivity contribution in [3.05, 3.63) is 52.2 Å². The fourth-order valence-electron chi connectivity index (χ4n) is 2.11. The third-order valence-corrected chi connectivity index (χ3v) is 4.06. The molecule has 9 nitrogen and oxygen atoms in total. The molecule has 1 aromatic heterocycles. The van der Waals surface area contributed by atoms with Gasteiger partial charge in [0, 0.05) is 6.42 Å². The van der Waals surface area contributed by atoms with Crippen molar-refractivity contribution in [1.82, 2.24) is 10.3 Å². The van der Waals surface area contributed by atoms with Gasteiger partial charge in [0.1, 0.15) is 17.8 Å². The van der Waals surface area contributed by atoms with E-state index < -0.39 is 28.6 Å². The number of amides is 2. The molecule has 2 N–H and O–H groups in total. The summed E-state index contributed by atoms with van der Waals surface area (Å²) < 4.78 is 5.21. The summed E-state index contributed by atoms with van der Waals surface area (Å²) in [5.41, 5.74) is 0.118. The summed E-state index contributed by atoms with van der Waals surface area (Å²) in [6.45, 7) is 5.15. The summed E-state index contributed by atoms with van der Waals surface area (Å²) in [6.07, 6.45) is 0.552. The van der Waals surface area contributed by atoms with E-state index in [1.54, 1.807) is 20.8 Å². The number of carbonyl (C=O) groups excluding carboxylic acids is 2. The van der Waals surface area contributed by atoms with Gasteiger partial charge in [-0.25, -0.2) is 9.78 Å². The first-order chi connectivity index (χ1) is 12.6. The van der Waals surface area contributed by atoms with E-state index >= 15 is 0 Å². The minimum Gasteiger partial charge on any atom is -0.444 e. The van der Waals surface area contributed by atoms with Crippen LogP contribution in [0.25, 0.3) is 0 Å². The predicted octanol–water partition coefficient (Wildman–Crippen LogP) is 3.13. The van der Waals surface area contributed by atoms with Crippen molar-refractivity contribution >= 4 is 33.5 Å². The number of hydrogen-bond acceptors (Lipinski definition) is 7. The number of nitro groups is 1. The molecule has 0 radical (unpaired) electrons. The Morgan fingerprint density at radius 2 is 1.96 bits per heavy atom. The van der Waals surface area contributed by atoms with E-state index in [0.29, 0.717) is 0 Å². The van der Waals surface area contributed by atoms with Gasteiger partial charge in [-0.3, -0.25) is 20.2 Å². The Morgan fingerprint density at radius 1 is 1.30 bits per heavy atom. The third-order valence-electron chi connectivity index (χ3n) is 3.19. The lowest BCUT2D eigenvalue weighted by Crippen LogP contribution is -2.47. The summed E-state index contributed by atoms with van der Waals surface area (Å²) in [5, 5.41) is 15.7. The Labute approximate surface area is 159 Å². The van der Waals surface area contributed by atoms with Gasteiger partial charge >= 0.3 is 11.1 Å². The molecule has 2 rings (SSSR count). The summed E-state index contributed by atoms with van der Waals surface area (Å²) in [5.74, 6) is -0.547. The maximum absolute atomic E-state index is 12.6. The zero-order valence-corrected chi connectivity index (χ0v) is 15.9. The number of alkyl carbamates (subject to hydrolysis) is 1. The lowest BCUT2D eigenvalue weighted by atomic mass is 10.1. The molecule has 0 saturated carbocycles. The lowest BCUT2D eigenvalue weighted by molar-refractivity contribution is -0.380. The molecule has 2 aromatic rings. The number of benzene rings is 1. The van der Waals surface area contributed by atoms with E-state index in [1.165, 1.54) is 0 Å². The Hall–Kier alpha value is -3.01. The van der Waals surface area contributed by atoms with Crippen LogP contribution >= 0.6 is 11.3 Å². The normalized spacial score (nSPS) is 12.1. The molecule has 0 aliphatic heterocycles. The van der Waals surface area contributed by atoms with Crippen LogP contribution in [0.4, 0.5) is 14.9 Å². The van der Waals surface area contributed by atoms with Gasteiger partial charge < -0.3 is 10.1 Å². The van der Waals surface area contributed by atoms with Crippen LogP contribution in [0.2, 0.25) is 0 Å². The summed E-state index contributed by atoms with van der Waals surface area (Å²) in [4.78, 5) is 38.7. The zero-order chi connectivity index (χ0) is 20.0. The van der Waals surface area contributed by atoms with Gasteiger partial charge in [0.2, 0.25) is 5.91 Å². The molecular weight excluding hydrogens is 372 g/mol. The third kappa shape index (κ3) is 6.66.